The van der Waals surface area contributed by atoms with Gasteiger partial charge in [0, 0.05) is 12.2 Å². The summed E-state index contributed by atoms with van der Waals surface area (Å²) in [6.07, 6.45) is 0.468. The lowest BCUT2D eigenvalue weighted by molar-refractivity contribution is -0.143. The molecule has 0 radical (unpaired) electrons. The van der Waals surface area contributed by atoms with E-state index in [9.17, 15) is 9.59 Å². The molecule has 5 heteroatoms. The Kier molecular flexibility index (Phi) is 6.37. The summed E-state index contributed by atoms with van der Waals surface area (Å²) >= 11 is 0. The minimum absolute atomic E-state index is 0.0889. The molecule has 1 atom stereocenters. The molecule has 1 amide bonds. The Morgan fingerprint density at radius 3 is 2.33 bits per heavy atom. The zero-order valence-electron chi connectivity index (χ0n) is 13.2. The van der Waals surface area contributed by atoms with E-state index in [1.54, 1.807) is 23.8 Å². The van der Waals surface area contributed by atoms with Crippen LogP contribution in [0.5, 0.6) is 0 Å². The number of nitrogens with zero attached hydrogens (tertiary/aromatic N) is 2. The van der Waals surface area contributed by atoms with Gasteiger partial charge in [-0.1, -0.05) is 25.1 Å². The van der Waals surface area contributed by atoms with Gasteiger partial charge in [0.25, 0.3) is 0 Å². The molecule has 1 aromatic carbocycles. The number of para-hydroxylation sites is 1. The van der Waals surface area contributed by atoms with Crippen molar-refractivity contribution in [3.63, 3.8) is 0 Å². The molecule has 5 nitrogen and oxygen atoms in total. The highest BCUT2D eigenvalue weighted by Gasteiger charge is 2.24. The van der Waals surface area contributed by atoms with E-state index in [4.69, 9.17) is 5.11 Å². The third-order valence-electron chi connectivity index (χ3n) is 3.61. The fourth-order valence-corrected chi connectivity index (χ4v) is 2.43. The van der Waals surface area contributed by atoms with E-state index in [0.717, 1.165) is 11.3 Å². The number of benzene rings is 1. The van der Waals surface area contributed by atoms with Crippen LogP contribution in [0.25, 0.3) is 0 Å². The number of carbonyl (C=O) groups is 2. The number of amides is 1. The van der Waals surface area contributed by atoms with Crippen molar-refractivity contribution in [3.8, 4) is 0 Å². The molecule has 21 heavy (non-hydrogen) atoms. The lowest BCUT2D eigenvalue weighted by Crippen LogP contribution is -2.45. The lowest BCUT2D eigenvalue weighted by Gasteiger charge is -2.28. The van der Waals surface area contributed by atoms with Gasteiger partial charge < -0.3 is 10.0 Å². The summed E-state index contributed by atoms with van der Waals surface area (Å²) in [5.74, 6) is -0.985. The normalized spacial score (nSPS) is 12.2. The molecule has 0 fully saturated rings. The zero-order valence-corrected chi connectivity index (χ0v) is 13.2. The van der Waals surface area contributed by atoms with Crippen molar-refractivity contribution in [1.29, 1.82) is 0 Å². The third-order valence-corrected chi connectivity index (χ3v) is 3.61. The number of carboxylic acids is 1. The molecule has 1 aromatic rings. The number of anilines is 1. The Bertz CT molecular complexity index is 502. The highest BCUT2D eigenvalue weighted by molar-refractivity contribution is 5.95. The summed E-state index contributed by atoms with van der Waals surface area (Å²) in [7, 11) is 1.67. The van der Waals surface area contributed by atoms with Gasteiger partial charge in [0.1, 0.15) is 6.04 Å². The van der Waals surface area contributed by atoms with Gasteiger partial charge in [-0.25, -0.2) is 0 Å². The SMILES string of the molecule is CCC(C(=O)O)N(C)CC(=O)N(CC)c1ccccc1C. The first-order valence-corrected chi connectivity index (χ1v) is 7.21. The Labute approximate surface area is 126 Å². The van der Waals surface area contributed by atoms with Gasteiger partial charge in [0.05, 0.1) is 6.54 Å². The van der Waals surface area contributed by atoms with Crippen LogP contribution in [0, 0.1) is 6.92 Å². The molecule has 0 spiro atoms. The number of aryl methyl sites for hydroxylation is 1. The summed E-state index contributed by atoms with van der Waals surface area (Å²) in [4.78, 5) is 26.9. The van der Waals surface area contributed by atoms with Crippen LogP contribution in [-0.2, 0) is 9.59 Å². The van der Waals surface area contributed by atoms with Crippen molar-refractivity contribution in [1.82, 2.24) is 4.90 Å². The summed E-state index contributed by atoms with van der Waals surface area (Å²) < 4.78 is 0. The van der Waals surface area contributed by atoms with Crippen LogP contribution in [0.4, 0.5) is 5.69 Å². The zero-order chi connectivity index (χ0) is 16.0. The second kappa shape index (κ2) is 7.78. The number of hydrogen-bond donors (Lipinski definition) is 1. The lowest BCUT2D eigenvalue weighted by atomic mass is 10.1. The van der Waals surface area contributed by atoms with E-state index in [0.29, 0.717) is 13.0 Å². The number of hydrogen-bond acceptors (Lipinski definition) is 3. The van der Waals surface area contributed by atoms with Crippen LogP contribution in [-0.4, -0.2) is 48.1 Å². The predicted octanol–water partition coefficient (Wildman–Crippen LogP) is 2.14. The first kappa shape index (κ1) is 17.2. The molecule has 0 aliphatic heterocycles. The van der Waals surface area contributed by atoms with Crippen LogP contribution in [0.3, 0.4) is 0 Å². The molecule has 0 aromatic heterocycles. The predicted molar refractivity (Wildman–Crippen MR) is 83.6 cm³/mol. The molecule has 1 N–H and O–H groups in total. The van der Waals surface area contributed by atoms with Crippen molar-refractivity contribution in [3.05, 3.63) is 29.8 Å². The molecule has 116 valence electrons. The first-order chi connectivity index (χ1) is 9.92. The van der Waals surface area contributed by atoms with Gasteiger partial charge in [-0.3, -0.25) is 14.5 Å². The summed E-state index contributed by atoms with van der Waals surface area (Å²) in [5, 5.41) is 9.15. The number of likely N-dealkylation sites (N-methyl/N-ethyl adjacent to an activating group) is 2. The van der Waals surface area contributed by atoms with Crippen LogP contribution in [0.2, 0.25) is 0 Å². The van der Waals surface area contributed by atoms with Crippen molar-refractivity contribution in [2.24, 2.45) is 0 Å². The van der Waals surface area contributed by atoms with Crippen LogP contribution >= 0.6 is 0 Å². The van der Waals surface area contributed by atoms with Crippen molar-refractivity contribution < 1.29 is 14.7 Å². The number of carboxylic acid groups (broad SMARTS) is 1. The summed E-state index contributed by atoms with van der Waals surface area (Å²) in [5.41, 5.74) is 1.91. The number of aliphatic carboxylic acids is 1. The van der Waals surface area contributed by atoms with Crippen LogP contribution in [0.1, 0.15) is 25.8 Å². The van der Waals surface area contributed by atoms with E-state index in [1.165, 1.54) is 0 Å². The number of rotatable bonds is 7. The molecule has 0 saturated carbocycles. The average molecular weight is 292 g/mol. The topological polar surface area (TPSA) is 60.9 Å². The standard InChI is InChI=1S/C16H24N2O3/c1-5-13(16(20)21)17(4)11-15(19)18(6-2)14-10-8-7-9-12(14)3/h7-10,13H,5-6,11H2,1-4H3,(H,20,21). The van der Waals surface area contributed by atoms with Gasteiger partial charge in [-0.2, -0.15) is 0 Å². The fraction of sp³-hybridized carbons (Fsp3) is 0.500. The Morgan fingerprint density at radius 1 is 1.24 bits per heavy atom. The van der Waals surface area contributed by atoms with E-state index >= 15 is 0 Å². The van der Waals surface area contributed by atoms with Crippen LogP contribution in [0.15, 0.2) is 24.3 Å². The van der Waals surface area contributed by atoms with Gasteiger partial charge in [0.2, 0.25) is 5.91 Å². The summed E-state index contributed by atoms with van der Waals surface area (Å²) in [6.45, 7) is 6.33. The maximum absolute atomic E-state index is 12.5. The van der Waals surface area contributed by atoms with Crippen molar-refractivity contribution in [2.75, 3.05) is 25.0 Å². The van der Waals surface area contributed by atoms with Crippen molar-refractivity contribution >= 4 is 17.6 Å². The minimum atomic E-state index is -0.897. The van der Waals surface area contributed by atoms with Crippen LogP contribution < -0.4 is 4.90 Å². The molecule has 0 bridgehead atoms. The molecular formula is C16H24N2O3. The van der Waals surface area contributed by atoms with E-state index in [1.807, 2.05) is 38.1 Å². The Balaban J connectivity index is 2.86. The first-order valence-electron chi connectivity index (χ1n) is 7.21. The van der Waals surface area contributed by atoms with Gasteiger partial charge in [-0.05, 0) is 38.9 Å². The Morgan fingerprint density at radius 2 is 1.86 bits per heavy atom. The highest BCUT2D eigenvalue weighted by atomic mass is 16.4. The average Bonchev–Trinajstić information content (AvgIpc) is 2.41. The molecule has 1 unspecified atom stereocenters. The third kappa shape index (κ3) is 4.29. The monoisotopic (exact) mass is 292 g/mol. The Hall–Kier alpha value is -1.88. The second-order valence-corrected chi connectivity index (χ2v) is 5.10. The molecule has 0 saturated heterocycles. The van der Waals surface area contributed by atoms with E-state index < -0.39 is 12.0 Å². The molecule has 1 rings (SSSR count). The minimum Gasteiger partial charge on any atom is -0.480 e. The second-order valence-electron chi connectivity index (χ2n) is 5.10. The van der Waals surface area contributed by atoms with Gasteiger partial charge in [-0.15, -0.1) is 0 Å². The molecule has 0 heterocycles. The van der Waals surface area contributed by atoms with Crippen molar-refractivity contribution in [2.45, 2.75) is 33.2 Å². The maximum Gasteiger partial charge on any atom is 0.320 e. The van der Waals surface area contributed by atoms with E-state index in [2.05, 4.69) is 0 Å². The quantitative estimate of drug-likeness (QED) is 0.836. The summed E-state index contributed by atoms with van der Waals surface area (Å²) in [6, 6.07) is 7.06. The molecular weight excluding hydrogens is 268 g/mol. The fourth-order valence-electron chi connectivity index (χ4n) is 2.43. The highest BCUT2D eigenvalue weighted by Crippen LogP contribution is 2.19. The smallest absolute Gasteiger partial charge is 0.320 e. The molecule has 0 aliphatic carbocycles. The van der Waals surface area contributed by atoms with E-state index in [-0.39, 0.29) is 12.5 Å². The maximum atomic E-state index is 12.5. The number of carbonyl (C=O) groups excluding carboxylic acids is 1. The van der Waals surface area contributed by atoms with Gasteiger partial charge in [0.15, 0.2) is 0 Å². The van der Waals surface area contributed by atoms with Gasteiger partial charge >= 0.3 is 5.97 Å². The molecule has 0 aliphatic rings. The largest absolute Gasteiger partial charge is 0.480 e.